The highest BCUT2D eigenvalue weighted by Gasteiger charge is 2.26. The quantitative estimate of drug-likeness (QED) is 0.769. The van der Waals surface area contributed by atoms with E-state index < -0.39 is 10.0 Å². The molecule has 0 radical (unpaired) electrons. The van der Waals surface area contributed by atoms with E-state index >= 15 is 0 Å². The Balaban J connectivity index is 1.90. The number of sulfonamides is 1. The van der Waals surface area contributed by atoms with Crippen LogP contribution in [0.2, 0.25) is 0 Å². The van der Waals surface area contributed by atoms with Crippen LogP contribution in [0, 0.1) is 6.92 Å². The molecule has 3 aromatic rings. The van der Waals surface area contributed by atoms with E-state index in [2.05, 4.69) is 15.2 Å². The molecule has 0 fully saturated rings. The summed E-state index contributed by atoms with van der Waals surface area (Å²) in [4.78, 5) is 12.0. The second-order valence-corrected chi connectivity index (χ2v) is 6.87. The summed E-state index contributed by atoms with van der Waals surface area (Å²) in [5.41, 5.74) is 1.07. The lowest BCUT2D eigenvalue weighted by molar-refractivity contribution is 0.103. The zero-order valence-corrected chi connectivity index (χ0v) is 12.8. The predicted molar refractivity (Wildman–Crippen MR) is 83.9 cm³/mol. The van der Waals surface area contributed by atoms with Gasteiger partial charge in [-0.05, 0) is 25.1 Å². The predicted octanol–water partition coefficient (Wildman–Crippen LogP) is 2.50. The molecule has 23 heavy (non-hydrogen) atoms. The van der Waals surface area contributed by atoms with Gasteiger partial charge in [0, 0.05) is 28.1 Å². The van der Waals surface area contributed by atoms with Crippen LogP contribution in [0.4, 0.5) is 11.5 Å². The van der Waals surface area contributed by atoms with Crippen LogP contribution in [0.5, 0.6) is 0 Å². The van der Waals surface area contributed by atoms with Crippen molar-refractivity contribution >= 4 is 38.2 Å². The highest BCUT2D eigenvalue weighted by molar-refractivity contribution is 7.93. The maximum Gasteiger partial charge on any atom is 0.263 e. The van der Waals surface area contributed by atoms with Crippen LogP contribution in [0.15, 0.2) is 45.8 Å². The van der Waals surface area contributed by atoms with Crippen molar-refractivity contribution in [2.45, 2.75) is 11.8 Å². The van der Waals surface area contributed by atoms with Crippen LogP contribution in [0.25, 0.3) is 10.8 Å². The molecular formula is C15H11N3O4S. The van der Waals surface area contributed by atoms with Crippen molar-refractivity contribution in [3.63, 3.8) is 0 Å². The molecule has 4 rings (SSSR count). The molecule has 0 spiro atoms. The maximum atomic E-state index is 12.7. The summed E-state index contributed by atoms with van der Waals surface area (Å²) < 4.78 is 32.5. The van der Waals surface area contributed by atoms with E-state index in [0.29, 0.717) is 27.8 Å². The third-order valence-corrected chi connectivity index (χ3v) is 5.06. The van der Waals surface area contributed by atoms with E-state index in [-0.39, 0.29) is 16.6 Å². The lowest BCUT2D eigenvalue weighted by atomic mass is 10.1. The van der Waals surface area contributed by atoms with E-state index in [1.807, 2.05) is 0 Å². The zero-order chi connectivity index (χ0) is 16.2. The molecule has 0 bridgehead atoms. The molecule has 1 aliphatic rings. The number of aryl methyl sites for hydroxylation is 1. The van der Waals surface area contributed by atoms with Gasteiger partial charge in [0.1, 0.15) is 5.76 Å². The fourth-order valence-electron chi connectivity index (χ4n) is 2.70. The second kappa shape index (κ2) is 4.56. The summed E-state index contributed by atoms with van der Waals surface area (Å²) in [7, 11) is -3.86. The Morgan fingerprint density at radius 1 is 1.22 bits per heavy atom. The Hall–Kier alpha value is -2.87. The van der Waals surface area contributed by atoms with E-state index in [1.165, 1.54) is 12.1 Å². The van der Waals surface area contributed by atoms with Crippen molar-refractivity contribution < 1.29 is 17.7 Å². The van der Waals surface area contributed by atoms with Gasteiger partial charge in [0.2, 0.25) is 0 Å². The molecule has 2 heterocycles. The molecule has 0 aliphatic carbocycles. The average molecular weight is 329 g/mol. The molecule has 2 N–H and O–H groups in total. The van der Waals surface area contributed by atoms with Gasteiger partial charge >= 0.3 is 0 Å². The first-order chi connectivity index (χ1) is 11.0. The topological polar surface area (TPSA) is 101 Å². The van der Waals surface area contributed by atoms with Crippen molar-refractivity contribution in [3.8, 4) is 0 Å². The summed E-state index contributed by atoms with van der Waals surface area (Å²) in [6.07, 6.45) is 0. The van der Waals surface area contributed by atoms with Gasteiger partial charge in [-0.1, -0.05) is 17.3 Å². The number of rotatable bonds is 3. The van der Waals surface area contributed by atoms with Crippen molar-refractivity contribution in [1.82, 2.24) is 5.16 Å². The number of anilines is 2. The number of hydrogen-bond acceptors (Lipinski definition) is 5. The highest BCUT2D eigenvalue weighted by atomic mass is 32.2. The van der Waals surface area contributed by atoms with E-state index in [0.717, 1.165) is 0 Å². The molecular weight excluding hydrogens is 318 g/mol. The second-order valence-electron chi connectivity index (χ2n) is 5.22. The third kappa shape index (κ3) is 2.07. The van der Waals surface area contributed by atoms with Crippen molar-refractivity contribution in [2.75, 3.05) is 10.0 Å². The summed E-state index contributed by atoms with van der Waals surface area (Å²) >= 11 is 0. The van der Waals surface area contributed by atoms with Crippen molar-refractivity contribution in [3.05, 3.63) is 47.7 Å². The fraction of sp³-hybridized carbons (Fsp3) is 0.0667. The van der Waals surface area contributed by atoms with Crippen LogP contribution >= 0.6 is 0 Å². The van der Waals surface area contributed by atoms with Gasteiger partial charge in [-0.15, -0.1) is 0 Å². The Bertz CT molecular complexity index is 1070. The largest absolute Gasteiger partial charge is 0.360 e. The number of benzene rings is 2. The Labute approximate surface area is 131 Å². The minimum absolute atomic E-state index is 0.0789. The fourth-order valence-corrected chi connectivity index (χ4v) is 3.89. The van der Waals surface area contributed by atoms with Crippen LogP contribution in [0.3, 0.4) is 0 Å². The van der Waals surface area contributed by atoms with Crippen molar-refractivity contribution in [2.24, 2.45) is 0 Å². The van der Waals surface area contributed by atoms with Gasteiger partial charge < -0.3 is 9.84 Å². The van der Waals surface area contributed by atoms with Gasteiger partial charge in [-0.25, -0.2) is 8.42 Å². The summed E-state index contributed by atoms with van der Waals surface area (Å²) in [5, 5.41) is 7.44. The van der Waals surface area contributed by atoms with E-state index in [4.69, 9.17) is 4.52 Å². The molecule has 1 aliphatic heterocycles. The minimum atomic E-state index is -3.86. The van der Waals surface area contributed by atoms with Crippen LogP contribution < -0.4 is 10.0 Å². The van der Waals surface area contributed by atoms with E-state index in [1.54, 1.807) is 31.2 Å². The first-order valence-corrected chi connectivity index (χ1v) is 8.27. The number of amides is 1. The van der Waals surface area contributed by atoms with Crippen LogP contribution in [0.1, 0.15) is 16.1 Å². The normalized spacial score (nSPS) is 13.3. The van der Waals surface area contributed by atoms with Gasteiger partial charge in [0.25, 0.3) is 15.9 Å². The third-order valence-electron chi connectivity index (χ3n) is 3.65. The lowest BCUT2D eigenvalue weighted by Crippen LogP contribution is -2.13. The molecule has 0 atom stereocenters. The van der Waals surface area contributed by atoms with Crippen LogP contribution in [-0.2, 0) is 10.0 Å². The standard InChI is InChI=1S/C15H11N3O4S/c1-8-7-13(17-22-8)18-23(20,21)12-6-5-11-14-9(12)3-2-4-10(14)15(19)16-11/h2-7H,1H3,(H,16,19)(H,17,18). The summed E-state index contributed by atoms with van der Waals surface area (Å²) in [5.74, 6) is 0.373. The minimum Gasteiger partial charge on any atom is -0.360 e. The monoisotopic (exact) mass is 329 g/mol. The molecule has 116 valence electrons. The number of carbonyl (C=O) groups is 1. The highest BCUT2D eigenvalue weighted by Crippen LogP contribution is 2.36. The Morgan fingerprint density at radius 3 is 2.78 bits per heavy atom. The summed E-state index contributed by atoms with van der Waals surface area (Å²) in [6.45, 7) is 1.67. The SMILES string of the molecule is Cc1cc(NS(=O)(=O)c2ccc3c4c(cccc24)C(=O)N3)no1. The van der Waals surface area contributed by atoms with Gasteiger partial charge in [-0.3, -0.25) is 9.52 Å². The zero-order valence-electron chi connectivity index (χ0n) is 12.0. The van der Waals surface area contributed by atoms with Gasteiger partial charge in [0.15, 0.2) is 5.82 Å². The number of hydrogen-bond donors (Lipinski definition) is 2. The molecule has 0 saturated heterocycles. The maximum absolute atomic E-state index is 12.7. The molecule has 1 aromatic heterocycles. The van der Waals surface area contributed by atoms with Gasteiger partial charge in [-0.2, -0.15) is 0 Å². The van der Waals surface area contributed by atoms with Gasteiger partial charge in [0.05, 0.1) is 4.90 Å². The van der Waals surface area contributed by atoms with Crippen molar-refractivity contribution in [1.29, 1.82) is 0 Å². The van der Waals surface area contributed by atoms with E-state index in [9.17, 15) is 13.2 Å². The summed E-state index contributed by atoms with van der Waals surface area (Å²) in [6, 6.07) is 9.53. The first-order valence-electron chi connectivity index (χ1n) is 6.79. The molecule has 0 unspecified atom stereocenters. The molecule has 2 aromatic carbocycles. The Kier molecular flexibility index (Phi) is 2.73. The average Bonchev–Trinajstić information content (AvgIpc) is 3.04. The van der Waals surface area contributed by atoms with Crippen LogP contribution in [-0.4, -0.2) is 19.5 Å². The molecule has 8 heteroatoms. The lowest BCUT2D eigenvalue weighted by Gasteiger charge is -2.09. The molecule has 1 amide bonds. The number of nitrogens with zero attached hydrogens (tertiary/aromatic N) is 1. The Morgan fingerprint density at radius 2 is 2.04 bits per heavy atom. The number of aromatic nitrogens is 1. The first kappa shape index (κ1) is 13.8. The smallest absolute Gasteiger partial charge is 0.263 e. The number of nitrogens with one attached hydrogen (secondary N) is 2. The number of carbonyl (C=O) groups excluding carboxylic acids is 1. The molecule has 0 saturated carbocycles. The molecule has 7 nitrogen and oxygen atoms in total.